The third-order valence-electron chi connectivity index (χ3n) is 3.29. The first-order valence-electron chi connectivity index (χ1n) is 7.00. The van der Waals surface area contributed by atoms with E-state index in [1.54, 1.807) is 23.1 Å². The lowest BCUT2D eigenvalue weighted by Gasteiger charge is -2.24. The van der Waals surface area contributed by atoms with E-state index in [9.17, 15) is 9.59 Å². The zero-order chi connectivity index (χ0) is 15.6. The number of nitrogens with one attached hydrogen (secondary N) is 1. The minimum Gasteiger partial charge on any atom is -0.347 e. The van der Waals surface area contributed by atoms with Crippen molar-refractivity contribution < 1.29 is 9.59 Å². The molecule has 2 amide bonds. The Morgan fingerprint density at radius 3 is 2.62 bits per heavy atom. The highest BCUT2D eigenvalue weighted by Crippen LogP contribution is 2.28. The molecule has 1 aromatic rings. The van der Waals surface area contributed by atoms with Crippen LogP contribution in [0.2, 0.25) is 0 Å². The Hall–Kier alpha value is -2.28. The van der Waals surface area contributed by atoms with Gasteiger partial charge in [0.25, 0.3) is 5.91 Å². The first-order chi connectivity index (χ1) is 9.81. The summed E-state index contributed by atoms with van der Waals surface area (Å²) in [6.07, 6.45) is 5.75. The third kappa shape index (κ3) is 3.43. The molecule has 0 aliphatic carbocycles. The molecule has 0 aromatic heterocycles. The number of hydrogen-bond donors (Lipinski definition) is 1. The van der Waals surface area contributed by atoms with E-state index in [1.807, 2.05) is 26.8 Å². The number of hydrogen-bond acceptors (Lipinski definition) is 2. The fraction of sp³-hybridized carbons (Fsp3) is 0.412. The van der Waals surface area contributed by atoms with E-state index >= 15 is 0 Å². The van der Waals surface area contributed by atoms with Crippen molar-refractivity contribution in [3.05, 3.63) is 29.8 Å². The topological polar surface area (TPSA) is 49.4 Å². The normalized spacial score (nSPS) is 18.5. The van der Waals surface area contributed by atoms with Crippen LogP contribution < -0.4 is 10.2 Å². The van der Waals surface area contributed by atoms with E-state index in [0.717, 1.165) is 0 Å². The van der Waals surface area contributed by atoms with Crippen molar-refractivity contribution in [3.8, 4) is 12.3 Å². The van der Waals surface area contributed by atoms with Gasteiger partial charge in [0.15, 0.2) is 0 Å². The number of nitrogens with zero attached hydrogens (tertiary/aromatic N) is 1. The second kappa shape index (κ2) is 5.61. The van der Waals surface area contributed by atoms with Crippen molar-refractivity contribution in [1.29, 1.82) is 0 Å². The van der Waals surface area contributed by atoms with E-state index in [0.29, 0.717) is 24.2 Å². The molecular weight excluding hydrogens is 264 g/mol. The third-order valence-corrected chi connectivity index (χ3v) is 3.29. The summed E-state index contributed by atoms with van der Waals surface area (Å²) in [5.74, 6) is 2.31. The summed E-state index contributed by atoms with van der Waals surface area (Å²) in [5, 5.41) is 2.92. The molecule has 1 heterocycles. The Morgan fingerprint density at radius 1 is 1.38 bits per heavy atom. The summed E-state index contributed by atoms with van der Waals surface area (Å²) in [7, 11) is 0. The largest absolute Gasteiger partial charge is 0.347 e. The average molecular weight is 284 g/mol. The minimum atomic E-state index is -0.333. The molecule has 2 rings (SSSR count). The average Bonchev–Trinajstić information content (AvgIpc) is 2.78. The van der Waals surface area contributed by atoms with Crippen LogP contribution in [0.25, 0.3) is 0 Å². The van der Waals surface area contributed by atoms with Gasteiger partial charge < -0.3 is 10.2 Å². The maximum Gasteiger partial charge on any atom is 0.253 e. The summed E-state index contributed by atoms with van der Waals surface area (Å²) in [5.41, 5.74) is 0.793. The molecule has 0 radical (unpaired) electrons. The van der Waals surface area contributed by atoms with Crippen LogP contribution in [0.3, 0.4) is 0 Å². The van der Waals surface area contributed by atoms with Crippen LogP contribution in [-0.2, 0) is 4.79 Å². The number of benzene rings is 1. The number of anilines is 1. The molecule has 1 fully saturated rings. The molecule has 1 aromatic carbocycles. The van der Waals surface area contributed by atoms with Crippen molar-refractivity contribution in [2.45, 2.75) is 32.7 Å². The van der Waals surface area contributed by atoms with Crippen LogP contribution >= 0.6 is 0 Å². The second-order valence-electron chi connectivity index (χ2n) is 6.29. The SMILES string of the molecule is C#CC1CC(=O)N(c2ccccc2C(=O)NC(C)(C)C)C1. The summed E-state index contributed by atoms with van der Waals surface area (Å²) in [6, 6.07) is 7.13. The quantitative estimate of drug-likeness (QED) is 0.846. The monoisotopic (exact) mass is 284 g/mol. The number of amides is 2. The van der Waals surface area contributed by atoms with Crippen molar-refractivity contribution in [3.63, 3.8) is 0 Å². The first kappa shape index (κ1) is 15.1. The van der Waals surface area contributed by atoms with Gasteiger partial charge in [0.2, 0.25) is 5.91 Å². The van der Waals surface area contributed by atoms with Crippen LogP contribution in [0.15, 0.2) is 24.3 Å². The molecule has 4 heteroatoms. The van der Waals surface area contributed by atoms with Gasteiger partial charge in [-0.05, 0) is 32.9 Å². The van der Waals surface area contributed by atoms with Crippen LogP contribution in [0.1, 0.15) is 37.6 Å². The highest BCUT2D eigenvalue weighted by atomic mass is 16.2. The molecule has 1 unspecified atom stereocenters. The molecule has 110 valence electrons. The molecule has 1 saturated heterocycles. The van der Waals surface area contributed by atoms with Crippen LogP contribution in [0.5, 0.6) is 0 Å². The van der Waals surface area contributed by atoms with Gasteiger partial charge in [-0.25, -0.2) is 0 Å². The Labute approximate surface area is 125 Å². The predicted octanol–water partition coefficient (Wildman–Crippen LogP) is 2.20. The highest BCUT2D eigenvalue weighted by Gasteiger charge is 2.31. The van der Waals surface area contributed by atoms with Gasteiger partial charge in [0, 0.05) is 24.4 Å². The molecule has 1 atom stereocenters. The zero-order valence-corrected chi connectivity index (χ0v) is 12.6. The van der Waals surface area contributed by atoms with E-state index in [2.05, 4.69) is 11.2 Å². The number of carbonyl (C=O) groups excluding carboxylic acids is 2. The Kier molecular flexibility index (Phi) is 4.04. The molecule has 4 nitrogen and oxygen atoms in total. The van der Waals surface area contributed by atoms with Crippen LogP contribution in [-0.4, -0.2) is 23.9 Å². The molecule has 1 aliphatic heterocycles. The maximum absolute atomic E-state index is 12.4. The van der Waals surface area contributed by atoms with Gasteiger partial charge >= 0.3 is 0 Å². The summed E-state index contributed by atoms with van der Waals surface area (Å²) >= 11 is 0. The fourth-order valence-electron chi connectivity index (χ4n) is 2.36. The smallest absolute Gasteiger partial charge is 0.253 e. The maximum atomic E-state index is 12.4. The number of rotatable bonds is 2. The van der Waals surface area contributed by atoms with Crippen molar-refractivity contribution >= 4 is 17.5 Å². The Balaban J connectivity index is 2.32. The van der Waals surface area contributed by atoms with Crippen molar-refractivity contribution in [1.82, 2.24) is 5.32 Å². The molecule has 0 spiro atoms. The van der Waals surface area contributed by atoms with Crippen LogP contribution in [0, 0.1) is 18.3 Å². The van der Waals surface area contributed by atoms with Gasteiger partial charge in [0.1, 0.15) is 0 Å². The first-order valence-corrected chi connectivity index (χ1v) is 7.00. The molecule has 0 saturated carbocycles. The van der Waals surface area contributed by atoms with E-state index in [-0.39, 0.29) is 23.3 Å². The van der Waals surface area contributed by atoms with Gasteiger partial charge in [-0.2, -0.15) is 0 Å². The molecular formula is C17H20N2O2. The summed E-state index contributed by atoms with van der Waals surface area (Å²) in [6.45, 7) is 6.23. The number of terminal acetylenes is 1. The Morgan fingerprint density at radius 2 is 2.05 bits per heavy atom. The highest BCUT2D eigenvalue weighted by molar-refractivity contribution is 6.06. The standard InChI is InChI=1S/C17H20N2O2/c1-5-12-10-15(20)19(11-12)14-9-7-6-8-13(14)16(21)18-17(2,3)4/h1,6-9,12H,10-11H2,2-4H3,(H,18,21). The van der Waals surface area contributed by atoms with E-state index in [1.165, 1.54) is 0 Å². The van der Waals surface area contributed by atoms with E-state index in [4.69, 9.17) is 6.42 Å². The fourth-order valence-corrected chi connectivity index (χ4v) is 2.36. The summed E-state index contributed by atoms with van der Waals surface area (Å²) < 4.78 is 0. The second-order valence-corrected chi connectivity index (χ2v) is 6.29. The number of carbonyl (C=O) groups is 2. The number of para-hydroxylation sites is 1. The molecule has 0 bridgehead atoms. The minimum absolute atomic E-state index is 0.0334. The summed E-state index contributed by atoms with van der Waals surface area (Å²) in [4.78, 5) is 26.1. The zero-order valence-electron chi connectivity index (χ0n) is 12.6. The van der Waals surface area contributed by atoms with Gasteiger partial charge in [0.05, 0.1) is 11.3 Å². The predicted molar refractivity (Wildman–Crippen MR) is 83.0 cm³/mol. The van der Waals surface area contributed by atoms with Gasteiger partial charge in [-0.15, -0.1) is 12.3 Å². The van der Waals surface area contributed by atoms with Gasteiger partial charge in [-0.3, -0.25) is 9.59 Å². The lowest BCUT2D eigenvalue weighted by molar-refractivity contribution is -0.117. The Bertz CT molecular complexity index is 608. The molecule has 1 N–H and O–H groups in total. The van der Waals surface area contributed by atoms with E-state index < -0.39 is 0 Å². The molecule has 21 heavy (non-hydrogen) atoms. The lowest BCUT2D eigenvalue weighted by atomic mass is 10.1. The van der Waals surface area contributed by atoms with Crippen molar-refractivity contribution in [2.24, 2.45) is 5.92 Å². The van der Waals surface area contributed by atoms with Crippen LogP contribution in [0.4, 0.5) is 5.69 Å². The van der Waals surface area contributed by atoms with Gasteiger partial charge in [-0.1, -0.05) is 12.1 Å². The van der Waals surface area contributed by atoms with Crippen molar-refractivity contribution in [2.75, 3.05) is 11.4 Å². The lowest BCUT2D eigenvalue weighted by Crippen LogP contribution is -2.41. The molecule has 1 aliphatic rings.